The lowest BCUT2D eigenvalue weighted by Crippen LogP contribution is -2.42. The third-order valence-corrected chi connectivity index (χ3v) is 5.14. The first-order chi connectivity index (χ1) is 14.9. The van der Waals surface area contributed by atoms with Crippen molar-refractivity contribution in [3.8, 4) is 22.6 Å². The van der Waals surface area contributed by atoms with Gasteiger partial charge in [0.25, 0.3) is 5.91 Å². The van der Waals surface area contributed by atoms with Gasteiger partial charge in [0.05, 0.1) is 11.6 Å². The molecule has 0 bridgehead atoms. The van der Waals surface area contributed by atoms with Gasteiger partial charge in [-0.25, -0.2) is 4.98 Å². The van der Waals surface area contributed by atoms with Crippen LogP contribution in [-0.2, 0) is 0 Å². The van der Waals surface area contributed by atoms with Crippen molar-refractivity contribution in [3.63, 3.8) is 0 Å². The van der Waals surface area contributed by atoms with E-state index in [0.29, 0.717) is 17.2 Å². The van der Waals surface area contributed by atoms with Crippen molar-refractivity contribution in [2.24, 2.45) is 0 Å². The number of amides is 1. The Hall–Kier alpha value is -3.70. The molecule has 0 aliphatic carbocycles. The summed E-state index contributed by atoms with van der Waals surface area (Å²) in [6, 6.07) is 28.2. The maximum absolute atomic E-state index is 13.4. The Kier molecular flexibility index (Phi) is 5.69. The van der Waals surface area contributed by atoms with Crippen LogP contribution in [0, 0.1) is 0 Å². The van der Waals surface area contributed by atoms with Gasteiger partial charge in [0.2, 0.25) is 0 Å². The molecule has 1 aromatic heterocycles. The number of hydrogen-bond acceptors (Lipinski definition) is 3. The lowest BCUT2D eigenvalue weighted by Gasteiger charge is -2.30. The second-order valence-corrected chi connectivity index (χ2v) is 8.01. The number of benzene rings is 3. The smallest absolute Gasteiger partial charge is 0.270 e. The minimum Gasteiger partial charge on any atom is -0.388 e. The van der Waals surface area contributed by atoms with E-state index >= 15 is 0 Å². The van der Waals surface area contributed by atoms with Crippen LogP contribution < -0.4 is 5.32 Å². The van der Waals surface area contributed by atoms with E-state index < -0.39 is 11.6 Å². The number of hydrogen-bond donors (Lipinski definition) is 3. The predicted molar refractivity (Wildman–Crippen MR) is 122 cm³/mol. The molecule has 0 aliphatic heterocycles. The molecule has 4 rings (SSSR count). The van der Waals surface area contributed by atoms with E-state index in [1.165, 1.54) is 0 Å². The number of aliphatic hydroxyl groups is 1. The first-order valence-corrected chi connectivity index (χ1v) is 10.2. The summed E-state index contributed by atoms with van der Waals surface area (Å²) in [5.74, 6) is 0.286. The molecule has 31 heavy (non-hydrogen) atoms. The molecule has 1 atom stereocenters. The van der Waals surface area contributed by atoms with Crippen LogP contribution in [0.5, 0.6) is 0 Å². The van der Waals surface area contributed by atoms with Crippen LogP contribution >= 0.6 is 0 Å². The number of imidazole rings is 1. The van der Waals surface area contributed by atoms with Gasteiger partial charge >= 0.3 is 0 Å². The topological polar surface area (TPSA) is 78.0 Å². The number of carbonyl (C=O) groups is 1. The molecule has 156 valence electrons. The maximum atomic E-state index is 13.4. The molecule has 5 heteroatoms. The number of H-pyrrole nitrogens is 1. The second-order valence-electron chi connectivity index (χ2n) is 8.01. The minimum atomic E-state index is -1.16. The highest BCUT2D eigenvalue weighted by Crippen LogP contribution is 2.29. The zero-order chi connectivity index (χ0) is 21.8. The summed E-state index contributed by atoms with van der Waals surface area (Å²) in [6.07, 6.45) is 0. The van der Waals surface area contributed by atoms with E-state index in [0.717, 1.165) is 16.7 Å². The summed E-state index contributed by atoms with van der Waals surface area (Å²) in [4.78, 5) is 21.4. The fraction of sp³-hybridized carbons (Fsp3) is 0.154. The zero-order valence-electron chi connectivity index (χ0n) is 17.5. The Morgan fingerprint density at radius 2 is 1.39 bits per heavy atom. The van der Waals surface area contributed by atoms with Crippen molar-refractivity contribution < 1.29 is 9.90 Å². The fourth-order valence-electron chi connectivity index (χ4n) is 3.59. The lowest BCUT2D eigenvalue weighted by molar-refractivity contribution is 0.0343. The second kappa shape index (κ2) is 8.58. The van der Waals surface area contributed by atoms with Crippen molar-refractivity contribution in [3.05, 3.63) is 102 Å². The zero-order valence-corrected chi connectivity index (χ0v) is 17.5. The molecule has 1 heterocycles. The van der Waals surface area contributed by atoms with Gasteiger partial charge in [-0.3, -0.25) is 4.79 Å². The molecule has 1 unspecified atom stereocenters. The molecule has 1 amide bonds. The fourth-order valence-corrected chi connectivity index (χ4v) is 3.59. The van der Waals surface area contributed by atoms with Crippen LogP contribution in [0.2, 0.25) is 0 Å². The van der Waals surface area contributed by atoms with Crippen LogP contribution in [0.4, 0.5) is 0 Å². The lowest BCUT2D eigenvalue weighted by atomic mass is 9.91. The first-order valence-electron chi connectivity index (χ1n) is 10.2. The summed E-state index contributed by atoms with van der Waals surface area (Å²) in [5.41, 5.74) is 2.32. The Balaban J connectivity index is 1.75. The van der Waals surface area contributed by atoms with Crippen LogP contribution in [0.15, 0.2) is 91.0 Å². The van der Waals surface area contributed by atoms with Gasteiger partial charge in [0, 0.05) is 11.1 Å². The van der Waals surface area contributed by atoms with Crippen molar-refractivity contribution in [1.82, 2.24) is 15.3 Å². The average Bonchev–Trinajstić information content (AvgIpc) is 3.24. The monoisotopic (exact) mass is 411 g/mol. The van der Waals surface area contributed by atoms with Crippen LogP contribution in [0.3, 0.4) is 0 Å². The molecule has 0 fully saturated rings. The van der Waals surface area contributed by atoms with Crippen molar-refractivity contribution in [2.45, 2.75) is 25.5 Å². The predicted octanol–water partition coefficient (Wildman–Crippen LogP) is 4.99. The summed E-state index contributed by atoms with van der Waals surface area (Å²) >= 11 is 0. The van der Waals surface area contributed by atoms with E-state index in [-0.39, 0.29) is 5.91 Å². The summed E-state index contributed by atoms with van der Waals surface area (Å²) < 4.78 is 0. The third-order valence-electron chi connectivity index (χ3n) is 5.14. The Labute approximate surface area is 181 Å². The van der Waals surface area contributed by atoms with Gasteiger partial charge in [-0.2, -0.15) is 0 Å². The van der Waals surface area contributed by atoms with Crippen LogP contribution in [0.1, 0.15) is 35.9 Å². The standard InChI is InChI=1S/C26H25N3O2/c1-26(2,31)23(19-14-8-4-9-15-19)29-25(30)22-21(18-12-6-3-7-13-18)27-24(28-22)20-16-10-5-11-17-20/h3-17,23,31H,1-2H3,(H,27,28)(H,29,30). The molecule has 0 aliphatic rings. The Bertz CT molecular complexity index is 1150. The highest BCUT2D eigenvalue weighted by atomic mass is 16.3. The highest BCUT2D eigenvalue weighted by molar-refractivity contribution is 5.99. The number of aromatic amines is 1. The number of nitrogens with zero attached hydrogens (tertiary/aromatic N) is 1. The molecule has 0 spiro atoms. The van der Waals surface area contributed by atoms with Gasteiger partial charge in [0.1, 0.15) is 17.2 Å². The highest BCUT2D eigenvalue weighted by Gasteiger charge is 2.31. The molecule has 0 saturated carbocycles. The largest absolute Gasteiger partial charge is 0.388 e. The molecule has 4 aromatic rings. The number of rotatable bonds is 6. The minimum absolute atomic E-state index is 0.329. The van der Waals surface area contributed by atoms with E-state index in [1.807, 2.05) is 91.0 Å². The van der Waals surface area contributed by atoms with Crippen LogP contribution in [-0.4, -0.2) is 26.6 Å². The number of aromatic nitrogens is 2. The first kappa shape index (κ1) is 20.6. The molecule has 3 N–H and O–H groups in total. The van der Waals surface area contributed by atoms with E-state index in [4.69, 9.17) is 4.98 Å². The van der Waals surface area contributed by atoms with Gasteiger partial charge in [-0.1, -0.05) is 91.0 Å². The van der Waals surface area contributed by atoms with Crippen LogP contribution in [0.25, 0.3) is 22.6 Å². The molecule has 0 radical (unpaired) electrons. The van der Waals surface area contributed by atoms with Crippen molar-refractivity contribution in [2.75, 3.05) is 0 Å². The van der Waals surface area contributed by atoms with E-state index in [9.17, 15) is 9.90 Å². The van der Waals surface area contributed by atoms with Gasteiger partial charge in [-0.15, -0.1) is 0 Å². The number of carbonyl (C=O) groups excluding carboxylic acids is 1. The Morgan fingerprint density at radius 1 is 0.871 bits per heavy atom. The quantitative estimate of drug-likeness (QED) is 0.418. The van der Waals surface area contributed by atoms with E-state index in [1.54, 1.807) is 13.8 Å². The normalized spacial score (nSPS) is 12.4. The SMILES string of the molecule is CC(C)(O)C(NC(=O)c1[nH]c(-c2ccccc2)nc1-c1ccccc1)c1ccccc1. The van der Waals surface area contributed by atoms with Crippen molar-refractivity contribution in [1.29, 1.82) is 0 Å². The molecular weight excluding hydrogens is 386 g/mol. The molecule has 0 saturated heterocycles. The molecular formula is C26H25N3O2. The maximum Gasteiger partial charge on any atom is 0.270 e. The summed E-state index contributed by atoms with van der Waals surface area (Å²) in [6.45, 7) is 3.37. The molecule has 3 aromatic carbocycles. The van der Waals surface area contributed by atoms with Gasteiger partial charge in [0.15, 0.2) is 0 Å². The van der Waals surface area contributed by atoms with Crippen molar-refractivity contribution >= 4 is 5.91 Å². The van der Waals surface area contributed by atoms with Gasteiger partial charge < -0.3 is 15.4 Å². The third kappa shape index (κ3) is 4.57. The molecule has 5 nitrogen and oxygen atoms in total. The Morgan fingerprint density at radius 3 is 1.94 bits per heavy atom. The average molecular weight is 412 g/mol. The summed E-state index contributed by atoms with van der Waals surface area (Å²) in [5, 5.41) is 13.8. The van der Waals surface area contributed by atoms with E-state index in [2.05, 4.69) is 10.3 Å². The summed E-state index contributed by atoms with van der Waals surface area (Å²) in [7, 11) is 0. The number of nitrogens with one attached hydrogen (secondary N) is 2. The van der Waals surface area contributed by atoms with Gasteiger partial charge in [-0.05, 0) is 19.4 Å².